The summed E-state index contributed by atoms with van der Waals surface area (Å²) in [6.45, 7) is 4.25. The third-order valence-corrected chi connectivity index (χ3v) is 4.54. The van der Waals surface area contributed by atoms with Gasteiger partial charge in [0.25, 0.3) is 11.6 Å². The number of non-ortho nitro benzene ring substituents is 1. The summed E-state index contributed by atoms with van der Waals surface area (Å²) in [6.07, 6.45) is 0. The van der Waals surface area contributed by atoms with Crippen LogP contribution >= 0.6 is 11.6 Å². The Hall–Kier alpha value is -3.72. The van der Waals surface area contributed by atoms with E-state index in [2.05, 4.69) is 5.32 Å². The van der Waals surface area contributed by atoms with Gasteiger partial charge in [-0.1, -0.05) is 25.4 Å². The van der Waals surface area contributed by atoms with Crippen LogP contribution in [0.5, 0.6) is 5.75 Å². The summed E-state index contributed by atoms with van der Waals surface area (Å²) in [6, 6.07) is 9.03. The van der Waals surface area contributed by atoms with Crippen molar-refractivity contribution < 1.29 is 23.7 Å². The first kappa shape index (κ1) is 22.0. The Balaban J connectivity index is 1.86. The third-order valence-electron chi connectivity index (χ3n) is 4.21. The van der Waals surface area contributed by atoms with E-state index >= 15 is 0 Å². The summed E-state index contributed by atoms with van der Waals surface area (Å²) in [7, 11) is 0. The van der Waals surface area contributed by atoms with Gasteiger partial charge in [-0.15, -0.1) is 0 Å². The lowest BCUT2D eigenvalue weighted by atomic mass is 10.1. The second-order valence-corrected chi connectivity index (χ2v) is 7.47. The average molecular weight is 445 g/mol. The number of rotatable bonds is 6. The van der Waals surface area contributed by atoms with Gasteiger partial charge in [-0.25, -0.2) is 9.59 Å². The Morgan fingerprint density at radius 3 is 2.58 bits per heavy atom. The van der Waals surface area contributed by atoms with Crippen LogP contribution in [0.15, 0.2) is 51.7 Å². The minimum absolute atomic E-state index is 0.0139. The summed E-state index contributed by atoms with van der Waals surface area (Å²) in [5.41, 5.74) is -1.38. The largest absolute Gasteiger partial charge is 0.423 e. The zero-order valence-electron chi connectivity index (χ0n) is 16.5. The van der Waals surface area contributed by atoms with Gasteiger partial charge in [0.1, 0.15) is 16.9 Å². The number of benzene rings is 2. The van der Waals surface area contributed by atoms with Crippen molar-refractivity contribution in [2.75, 3.05) is 6.54 Å². The second-order valence-electron chi connectivity index (χ2n) is 7.06. The number of fused-ring (bicyclic) bond motifs is 1. The standard InChI is InChI=1S/C21H17ClN2O7/c1-11(2)10-23-19(25)16-7-12-3-5-14(9-18(12)31-21(16)27)30-20(26)15-8-13(24(28)29)4-6-17(15)22/h3-9,11H,10H2,1-2H3,(H,23,25). The fourth-order valence-corrected chi connectivity index (χ4v) is 2.85. The zero-order chi connectivity index (χ0) is 22.7. The van der Waals surface area contributed by atoms with E-state index in [-0.39, 0.29) is 39.1 Å². The van der Waals surface area contributed by atoms with Crippen molar-refractivity contribution in [2.45, 2.75) is 13.8 Å². The number of nitro groups is 1. The number of nitro benzene ring substituents is 1. The van der Waals surface area contributed by atoms with Crippen LogP contribution in [0.4, 0.5) is 5.69 Å². The van der Waals surface area contributed by atoms with E-state index in [0.29, 0.717) is 11.9 Å². The number of amides is 1. The molecule has 1 N–H and O–H groups in total. The van der Waals surface area contributed by atoms with Crippen LogP contribution in [0.1, 0.15) is 34.6 Å². The minimum Gasteiger partial charge on any atom is -0.423 e. The number of nitrogens with one attached hydrogen (secondary N) is 1. The van der Waals surface area contributed by atoms with Crippen LogP contribution in [0.2, 0.25) is 5.02 Å². The molecule has 1 amide bonds. The van der Waals surface area contributed by atoms with Crippen molar-refractivity contribution in [3.05, 3.63) is 79.1 Å². The van der Waals surface area contributed by atoms with Crippen LogP contribution < -0.4 is 15.7 Å². The van der Waals surface area contributed by atoms with Crippen LogP contribution in [0.25, 0.3) is 11.0 Å². The van der Waals surface area contributed by atoms with E-state index in [0.717, 1.165) is 6.07 Å². The molecule has 0 aliphatic carbocycles. The molecule has 0 aliphatic heterocycles. The monoisotopic (exact) mass is 444 g/mol. The normalized spacial score (nSPS) is 10.8. The van der Waals surface area contributed by atoms with Crippen LogP contribution in [-0.4, -0.2) is 23.3 Å². The number of carbonyl (C=O) groups excluding carboxylic acids is 2. The van der Waals surface area contributed by atoms with Gasteiger partial charge < -0.3 is 14.5 Å². The van der Waals surface area contributed by atoms with Crippen LogP contribution in [-0.2, 0) is 0 Å². The molecule has 9 nitrogen and oxygen atoms in total. The molecule has 0 bridgehead atoms. The molecule has 0 radical (unpaired) electrons. The third kappa shape index (κ3) is 5.07. The highest BCUT2D eigenvalue weighted by Crippen LogP contribution is 2.25. The molecule has 0 fully saturated rings. The summed E-state index contributed by atoms with van der Waals surface area (Å²) in [5, 5.41) is 14.0. The molecule has 3 aromatic rings. The van der Waals surface area contributed by atoms with E-state index in [1.54, 1.807) is 0 Å². The molecule has 31 heavy (non-hydrogen) atoms. The first-order chi connectivity index (χ1) is 14.7. The number of nitrogens with zero attached hydrogens (tertiary/aromatic N) is 1. The number of hydrogen-bond acceptors (Lipinski definition) is 7. The molecule has 1 aromatic heterocycles. The number of ether oxygens (including phenoxy) is 1. The van der Waals surface area contributed by atoms with Gasteiger partial charge in [0.2, 0.25) is 0 Å². The maximum Gasteiger partial charge on any atom is 0.349 e. The highest BCUT2D eigenvalue weighted by Gasteiger charge is 2.19. The van der Waals surface area contributed by atoms with E-state index < -0.39 is 22.4 Å². The van der Waals surface area contributed by atoms with Crippen molar-refractivity contribution in [3.8, 4) is 5.75 Å². The molecule has 1 heterocycles. The van der Waals surface area contributed by atoms with Crippen molar-refractivity contribution in [2.24, 2.45) is 5.92 Å². The highest BCUT2D eigenvalue weighted by molar-refractivity contribution is 6.33. The molecule has 0 spiro atoms. The van der Waals surface area contributed by atoms with Crippen molar-refractivity contribution >= 4 is 40.1 Å². The Morgan fingerprint density at radius 1 is 1.16 bits per heavy atom. The van der Waals surface area contributed by atoms with Gasteiger partial charge in [0.15, 0.2) is 0 Å². The smallest absolute Gasteiger partial charge is 0.349 e. The first-order valence-electron chi connectivity index (χ1n) is 9.18. The van der Waals surface area contributed by atoms with Gasteiger partial charge in [0.05, 0.1) is 15.5 Å². The maximum atomic E-state index is 12.4. The molecule has 3 rings (SSSR count). The lowest BCUT2D eigenvalue weighted by Gasteiger charge is -2.08. The van der Waals surface area contributed by atoms with E-state index in [4.69, 9.17) is 20.8 Å². The van der Waals surface area contributed by atoms with Gasteiger partial charge in [-0.05, 0) is 30.2 Å². The Labute approximate surface area is 180 Å². The van der Waals surface area contributed by atoms with Crippen molar-refractivity contribution in [3.63, 3.8) is 0 Å². The van der Waals surface area contributed by atoms with E-state index in [1.165, 1.54) is 36.4 Å². The molecule has 2 aromatic carbocycles. The summed E-state index contributed by atoms with van der Waals surface area (Å²) < 4.78 is 10.4. The van der Waals surface area contributed by atoms with Gasteiger partial charge >= 0.3 is 11.6 Å². The molecule has 0 saturated heterocycles. The summed E-state index contributed by atoms with van der Waals surface area (Å²) in [4.78, 5) is 47.1. The molecular weight excluding hydrogens is 428 g/mol. The van der Waals surface area contributed by atoms with Crippen molar-refractivity contribution in [1.82, 2.24) is 5.32 Å². The molecule has 0 aliphatic rings. The quantitative estimate of drug-likeness (QED) is 0.200. The lowest BCUT2D eigenvalue weighted by molar-refractivity contribution is -0.384. The molecular formula is C21H17ClN2O7. The molecule has 0 saturated carbocycles. The molecule has 0 atom stereocenters. The molecule has 0 unspecified atom stereocenters. The van der Waals surface area contributed by atoms with Crippen molar-refractivity contribution in [1.29, 1.82) is 0 Å². The van der Waals surface area contributed by atoms with E-state index in [9.17, 15) is 24.5 Å². The number of esters is 1. The Kier molecular flexibility index (Phi) is 6.36. The van der Waals surface area contributed by atoms with Gasteiger partial charge in [-0.3, -0.25) is 14.9 Å². The number of carbonyl (C=O) groups is 2. The highest BCUT2D eigenvalue weighted by atomic mass is 35.5. The molecule has 10 heteroatoms. The van der Waals surface area contributed by atoms with Crippen LogP contribution in [0.3, 0.4) is 0 Å². The summed E-state index contributed by atoms with van der Waals surface area (Å²) >= 11 is 5.95. The average Bonchev–Trinajstić information content (AvgIpc) is 2.71. The SMILES string of the molecule is CC(C)CNC(=O)c1cc2ccc(OC(=O)c3cc([N+](=O)[O-])ccc3Cl)cc2oc1=O. The lowest BCUT2D eigenvalue weighted by Crippen LogP contribution is -2.31. The topological polar surface area (TPSA) is 129 Å². The Bertz CT molecular complexity index is 1250. The number of halogens is 1. The fraction of sp³-hybridized carbons (Fsp3) is 0.190. The maximum absolute atomic E-state index is 12.4. The van der Waals surface area contributed by atoms with E-state index in [1.807, 2.05) is 13.8 Å². The molecule has 160 valence electrons. The predicted octanol–water partition coefficient (Wildman–Crippen LogP) is 3.96. The predicted molar refractivity (Wildman–Crippen MR) is 113 cm³/mol. The number of hydrogen-bond donors (Lipinski definition) is 1. The zero-order valence-corrected chi connectivity index (χ0v) is 17.3. The summed E-state index contributed by atoms with van der Waals surface area (Å²) in [5.74, 6) is -1.21. The first-order valence-corrected chi connectivity index (χ1v) is 9.55. The second kappa shape index (κ2) is 8.97. The minimum atomic E-state index is -0.917. The fourth-order valence-electron chi connectivity index (χ4n) is 2.65. The van der Waals surface area contributed by atoms with Gasteiger partial charge in [-0.2, -0.15) is 0 Å². The van der Waals surface area contributed by atoms with Gasteiger partial charge in [0, 0.05) is 30.1 Å². The Morgan fingerprint density at radius 2 is 1.90 bits per heavy atom. The van der Waals surface area contributed by atoms with Crippen LogP contribution in [0, 0.1) is 16.0 Å².